The number of piperazine rings is 1. The van der Waals surface area contributed by atoms with E-state index in [0.29, 0.717) is 26.2 Å². The Hall–Kier alpha value is -2.70. The lowest BCUT2D eigenvalue weighted by molar-refractivity contribution is -0.135. The Balaban J connectivity index is 1.64. The predicted molar refractivity (Wildman–Crippen MR) is 88.4 cm³/mol. The van der Waals surface area contributed by atoms with E-state index >= 15 is 0 Å². The number of carbonyl (C=O) groups is 1. The van der Waals surface area contributed by atoms with E-state index in [0.717, 1.165) is 5.69 Å². The molecule has 0 saturated carbocycles. The zero-order valence-corrected chi connectivity index (χ0v) is 13.4. The average molecular weight is 330 g/mol. The predicted octanol–water partition coefficient (Wildman–Crippen LogP) is 1.29. The van der Waals surface area contributed by atoms with Crippen LogP contribution in [0.4, 0.5) is 10.1 Å². The third kappa shape index (κ3) is 3.29. The van der Waals surface area contributed by atoms with Crippen molar-refractivity contribution in [2.45, 2.75) is 13.0 Å². The van der Waals surface area contributed by atoms with Crippen LogP contribution in [0.3, 0.4) is 0 Å². The summed E-state index contributed by atoms with van der Waals surface area (Å²) in [5.41, 5.74) is 0.654. The highest BCUT2D eigenvalue weighted by molar-refractivity contribution is 5.80. The third-order valence-electron chi connectivity index (χ3n) is 4.25. The Labute approximate surface area is 139 Å². The van der Waals surface area contributed by atoms with Gasteiger partial charge in [0.1, 0.15) is 11.9 Å². The van der Waals surface area contributed by atoms with Gasteiger partial charge >= 0.3 is 0 Å². The van der Waals surface area contributed by atoms with Crippen molar-refractivity contribution in [3.8, 4) is 0 Å². The molecule has 126 valence electrons. The smallest absolute Gasteiger partial charge is 0.267 e. The normalized spacial score (nSPS) is 16.1. The minimum absolute atomic E-state index is 0.116. The maximum absolute atomic E-state index is 13.0. The van der Waals surface area contributed by atoms with E-state index in [4.69, 9.17) is 0 Å². The number of halogens is 1. The van der Waals surface area contributed by atoms with Crippen molar-refractivity contribution in [3.63, 3.8) is 0 Å². The molecule has 7 heteroatoms. The van der Waals surface area contributed by atoms with E-state index in [1.165, 1.54) is 29.1 Å². The van der Waals surface area contributed by atoms with Gasteiger partial charge in [-0.1, -0.05) is 0 Å². The van der Waals surface area contributed by atoms with Gasteiger partial charge in [-0.05, 0) is 37.3 Å². The monoisotopic (exact) mass is 330 g/mol. The molecule has 1 aromatic heterocycles. The lowest BCUT2D eigenvalue weighted by Gasteiger charge is -2.37. The first-order valence-corrected chi connectivity index (χ1v) is 7.89. The molecule has 0 N–H and O–H groups in total. The van der Waals surface area contributed by atoms with Gasteiger partial charge in [0.25, 0.3) is 5.56 Å². The molecule has 1 aliphatic rings. The van der Waals surface area contributed by atoms with E-state index in [9.17, 15) is 14.0 Å². The Morgan fingerprint density at radius 2 is 1.79 bits per heavy atom. The Morgan fingerprint density at radius 1 is 1.12 bits per heavy atom. The molecular weight excluding hydrogens is 311 g/mol. The third-order valence-corrected chi connectivity index (χ3v) is 4.25. The van der Waals surface area contributed by atoms with Gasteiger partial charge in [-0.2, -0.15) is 5.10 Å². The molecule has 2 aromatic rings. The number of hydrogen-bond acceptors (Lipinski definition) is 4. The van der Waals surface area contributed by atoms with Crippen LogP contribution in [0.15, 0.2) is 47.4 Å². The van der Waals surface area contributed by atoms with Crippen LogP contribution in [0.1, 0.15) is 13.0 Å². The number of aromatic nitrogens is 2. The van der Waals surface area contributed by atoms with Gasteiger partial charge in [-0.3, -0.25) is 9.59 Å². The topological polar surface area (TPSA) is 58.4 Å². The first kappa shape index (κ1) is 16.2. The molecule has 0 bridgehead atoms. The molecule has 1 atom stereocenters. The SMILES string of the molecule is CC(C(=O)N1CCN(c2ccc(F)cc2)CC1)n1ncccc1=O. The number of amides is 1. The number of hydrogen-bond donors (Lipinski definition) is 0. The lowest BCUT2D eigenvalue weighted by Crippen LogP contribution is -2.51. The number of rotatable bonds is 3. The zero-order chi connectivity index (χ0) is 17.1. The second-order valence-corrected chi connectivity index (χ2v) is 5.77. The summed E-state index contributed by atoms with van der Waals surface area (Å²) in [6.45, 7) is 4.13. The minimum atomic E-state index is -0.629. The maximum atomic E-state index is 13.0. The van der Waals surface area contributed by atoms with Crippen LogP contribution >= 0.6 is 0 Å². The van der Waals surface area contributed by atoms with Gasteiger partial charge in [-0.15, -0.1) is 0 Å². The van der Waals surface area contributed by atoms with Crippen molar-refractivity contribution < 1.29 is 9.18 Å². The van der Waals surface area contributed by atoms with Crippen LogP contribution in [0.25, 0.3) is 0 Å². The van der Waals surface area contributed by atoms with Crippen molar-refractivity contribution in [1.82, 2.24) is 14.7 Å². The molecule has 24 heavy (non-hydrogen) atoms. The van der Waals surface area contributed by atoms with Crippen molar-refractivity contribution in [3.05, 3.63) is 58.8 Å². The number of anilines is 1. The van der Waals surface area contributed by atoms with Crippen LogP contribution < -0.4 is 10.5 Å². The fraction of sp³-hybridized carbons (Fsp3) is 0.353. The van der Waals surface area contributed by atoms with E-state index in [1.54, 1.807) is 30.0 Å². The fourth-order valence-corrected chi connectivity index (χ4v) is 2.87. The lowest BCUT2D eigenvalue weighted by atomic mass is 10.2. The van der Waals surface area contributed by atoms with Gasteiger partial charge < -0.3 is 9.80 Å². The molecular formula is C17H19FN4O2. The second kappa shape index (κ2) is 6.82. The second-order valence-electron chi connectivity index (χ2n) is 5.77. The van der Waals surface area contributed by atoms with Crippen LogP contribution in [-0.4, -0.2) is 46.8 Å². The van der Waals surface area contributed by atoms with Crippen molar-refractivity contribution in [1.29, 1.82) is 0 Å². The van der Waals surface area contributed by atoms with Crippen molar-refractivity contribution in [2.75, 3.05) is 31.1 Å². The summed E-state index contributed by atoms with van der Waals surface area (Å²) in [4.78, 5) is 28.3. The number of benzene rings is 1. The summed E-state index contributed by atoms with van der Waals surface area (Å²) in [6.07, 6.45) is 1.50. The first-order chi connectivity index (χ1) is 11.6. The summed E-state index contributed by atoms with van der Waals surface area (Å²) in [7, 11) is 0. The van der Waals surface area contributed by atoms with E-state index < -0.39 is 6.04 Å². The Kier molecular flexibility index (Phi) is 4.59. The van der Waals surface area contributed by atoms with Crippen molar-refractivity contribution >= 4 is 11.6 Å². The molecule has 2 heterocycles. The van der Waals surface area contributed by atoms with Crippen LogP contribution in [0, 0.1) is 5.82 Å². The summed E-state index contributed by atoms with van der Waals surface area (Å²) < 4.78 is 14.2. The molecule has 1 aromatic carbocycles. The van der Waals surface area contributed by atoms with Crippen LogP contribution in [-0.2, 0) is 4.79 Å². The number of nitrogens with zero attached hydrogens (tertiary/aromatic N) is 4. The highest BCUT2D eigenvalue weighted by atomic mass is 19.1. The molecule has 1 fully saturated rings. The molecule has 1 saturated heterocycles. The van der Waals surface area contributed by atoms with Gasteiger partial charge in [-0.25, -0.2) is 9.07 Å². The van der Waals surface area contributed by atoms with E-state index in [2.05, 4.69) is 10.00 Å². The van der Waals surface area contributed by atoms with Gasteiger partial charge in [0.2, 0.25) is 5.91 Å². The average Bonchev–Trinajstić information content (AvgIpc) is 2.62. The molecule has 0 spiro atoms. The highest BCUT2D eigenvalue weighted by Gasteiger charge is 2.26. The standard InChI is InChI=1S/C17H19FN4O2/c1-13(22-16(23)3-2-8-19-22)17(24)21-11-9-20(10-12-21)15-6-4-14(18)5-7-15/h2-8,13H,9-12H2,1H3. The maximum Gasteiger partial charge on any atom is 0.267 e. The fourth-order valence-electron chi connectivity index (χ4n) is 2.87. The number of carbonyl (C=O) groups excluding carboxylic acids is 1. The Morgan fingerprint density at radius 3 is 2.42 bits per heavy atom. The quantitative estimate of drug-likeness (QED) is 0.851. The Bertz CT molecular complexity index is 767. The van der Waals surface area contributed by atoms with E-state index in [1.807, 2.05) is 0 Å². The van der Waals surface area contributed by atoms with E-state index in [-0.39, 0.29) is 17.3 Å². The van der Waals surface area contributed by atoms with Gasteiger partial charge in [0, 0.05) is 44.1 Å². The zero-order valence-electron chi connectivity index (χ0n) is 13.4. The van der Waals surface area contributed by atoms with Crippen molar-refractivity contribution in [2.24, 2.45) is 0 Å². The summed E-state index contributed by atoms with van der Waals surface area (Å²) in [5, 5.41) is 3.98. The molecule has 1 aliphatic heterocycles. The highest BCUT2D eigenvalue weighted by Crippen LogP contribution is 2.18. The molecule has 1 amide bonds. The minimum Gasteiger partial charge on any atom is -0.368 e. The first-order valence-electron chi connectivity index (χ1n) is 7.89. The largest absolute Gasteiger partial charge is 0.368 e. The summed E-state index contributed by atoms with van der Waals surface area (Å²) >= 11 is 0. The van der Waals surface area contributed by atoms with Crippen LogP contribution in [0.5, 0.6) is 0 Å². The van der Waals surface area contributed by atoms with Crippen LogP contribution in [0.2, 0.25) is 0 Å². The molecule has 0 radical (unpaired) electrons. The molecule has 6 nitrogen and oxygen atoms in total. The summed E-state index contributed by atoms with van der Waals surface area (Å²) in [6, 6.07) is 8.66. The molecule has 1 unspecified atom stereocenters. The molecule has 0 aliphatic carbocycles. The summed E-state index contributed by atoms with van der Waals surface area (Å²) in [5.74, 6) is -0.378. The molecule has 3 rings (SSSR count). The van der Waals surface area contributed by atoms with Gasteiger partial charge in [0.05, 0.1) is 0 Å². The van der Waals surface area contributed by atoms with Gasteiger partial charge in [0.15, 0.2) is 0 Å².